The average molecular weight is 592 g/mol. The number of anilines is 1. The number of carbonyl (C=O) groups excluding carboxylic acids is 2. The summed E-state index contributed by atoms with van der Waals surface area (Å²) in [5, 5.41) is 3.14. The molecule has 0 radical (unpaired) electrons. The summed E-state index contributed by atoms with van der Waals surface area (Å²) < 4.78 is 34.8. The Morgan fingerprint density at radius 1 is 0.952 bits per heavy atom. The molecular formula is C33H41N3O5S. The van der Waals surface area contributed by atoms with Gasteiger partial charge in [0.2, 0.25) is 11.8 Å². The lowest BCUT2D eigenvalue weighted by Crippen LogP contribution is -2.53. The van der Waals surface area contributed by atoms with E-state index in [4.69, 9.17) is 4.74 Å². The molecule has 9 heteroatoms. The van der Waals surface area contributed by atoms with Crippen LogP contribution in [0.2, 0.25) is 0 Å². The standard InChI is InChI=1S/C33H41N3O5S/c1-5-29(33(38)34-27-11-9-10-12-27)35(22-26-18-15-24(2)16-19-26)32(37)23-36(30-21-25(3)17-20-31(30)41-4)42(39,40)28-13-7-6-8-14-28/h6-8,13-21,27,29H,5,9-12,22-23H2,1-4H3,(H,34,38)/t29-/m0/s1. The van der Waals surface area contributed by atoms with E-state index in [1.807, 2.05) is 51.1 Å². The van der Waals surface area contributed by atoms with E-state index in [2.05, 4.69) is 5.32 Å². The molecule has 8 nitrogen and oxygen atoms in total. The fraction of sp³-hybridized carbons (Fsp3) is 0.394. The summed E-state index contributed by atoms with van der Waals surface area (Å²) in [6.07, 6.45) is 4.36. The molecule has 1 fully saturated rings. The zero-order valence-corrected chi connectivity index (χ0v) is 25.7. The van der Waals surface area contributed by atoms with Crippen LogP contribution in [0.25, 0.3) is 0 Å². The average Bonchev–Trinajstić information content (AvgIpc) is 3.50. The van der Waals surface area contributed by atoms with E-state index in [-0.39, 0.29) is 29.1 Å². The first-order valence-electron chi connectivity index (χ1n) is 14.5. The lowest BCUT2D eigenvalue weighted by atomic mass is 10.1. The number of rotatable bonds is 12. The topological polar surface area (TPSA) is 96.0 Å². The van der Waals surface area contributed by atoms with Crippen LogP contribution < -0.4 is 14.4 Å². The van der Waals surface area contributed by atoms with Crippen molar-refractivity contribution in [1.82, 2.24) is 10.2 Å². The largest absolute Gasteiger partial charge is 0.495 e. The van der Waals surface area contributed by atoms with E-state index in [0.717, 1.165) is 46.7 Å². The van der Waals surface area contributed by atoms with E-state index < -0.39 is 28.5 Å². The number of nitrogens with zero attached hydrogens (tertiary/aromatic N) is 2. The van der Waals surface area contributed by atoms with Gasteiger partial charge in [-0.3, -0.25) is 13.9 Å². The maximum absolute atomic E-state index is 14.3. The fourth-order valence-corrected chi connectivity index (χ4v) is 6.84. The molecule has 0 bridgehead atoms. The first-order chi connectivity index (χ1) is 20.1. The van der Waals surface area contributed by atoms with Crippen molar-refractivity contribution in [2.24, 2.45) is 0 Å². The molecule has 1 aliphatic rings. The van der Waals surface area contributed by atoms with E-state index >= 15 is 0 Å². The molecule has 2 amide bonds. The van der Waals surface area contributed by atoms with Crippen LogP contribution in [0.1, 0.15) is 55.7 Å². The highest BCUT2D eigenvalue weighted by atomic mass is 32.2. The lowest BCUT2D eigenvalue weighted by molar-refractivity contribution is -0.140. The van der Waals surface area contributed by atoms with Crippen molar-refractivity contribution in [2.45, 2.75) is 76.4 Å². The Kier molecular flexibility index (Phi) is 10.3. The highest BCUT2D eigenvalue weighted by molar-refractivity contribution is 7.92. The number of aryl methyl sites for hydroxylation is 2. The zero-order chi connectivity index (χ0) is 30.3. The van der Waals surface area contributed by atoms with Crippen molar-refractivity contribution in [1.29, 1.82) is 0 Å². The summed E-state index contributed by atoms with van der Waals surface area (Å²) >= 11 is 0. The Morgan fingerprint density at radius 2 is 1.60 bits per heavy atom. The second-order valence-corrected chi connectivity index (χ2v) is 12.8. The number of amides is 2. The molecule has 1 aliphatic carbocycles. The molecule has 224 valence electrons. The molecule has 0 aromatic heterocycles. The van der Waals surface area contributed by atoms with E-state index in [0.29, 0.717) is 12.2 Å². The Bertz CT molecular complexity index is 1470. The van der Waals surface area contributed by atoms with Crippen molar-refractivity contribution in [3.8, 4) is 5.75 Å². The summed E-state index contributed by atoms with van der Waals surface area (Å²) in [7, 11) is -2.71. The minimum atomic E-state index is -4.18. The first kappa shape index (κ1) is 31.1. The van der Waals surface area contributed by atoms with Gasteiger partial charge in [-0.1, -0.05) is 73.9 Å². The second kappa shape index (κ2) is 13.9. The molecule has 1 saturated carbocycles. The van der Waals surface area contributed by atoms with Crippen molar-refractivity contribution in [2.75, 3.05) is 18.0 Å². The summed E-state index contributed by atoms with van der Waals surface area (Å²) in [5.74, 6) is -0.369. The quantitative estimate of drug-likeness (QED) is 0.305. The minimum absolute atomic E-state index is 0.0532. The predicted octanol–water partition coefficient (Wildman–Crippen LogP) is 5.37. The molecule has 1 atom stereocenters. The molecule has 0 heterocycles. The summed E-state index contributed by atoms with van der Waals surface area (Å²) in [5.41, 5.74) is 3.00. The van der Waals surface area contributed by atoms with Crippen LogP contribution in [0, 0.1) is 13.8 Å². The summed E-state index contributed by atoms with van der Waals surface area (Å²) in [4.78, 5) is 29.5. The zero-order valence-electron chi connectivity index (χ0n) is 24.9. The molecule has 0 aliphatic heterocycles. The third kappa shape index (κ3) is 7.31. The summed E-state index contributed by atoms with van der Waals surface area (Å²) in [6, 6.07) is 20.3. The second-order valence-electron chi connectivity index (χ2n) is 10.9. The Balaban J connectivity index is 1.75. The van der Waals surface area contributed by atoms with Crippen molar-refractivity contribution < 1.29 is 22.7 Å². The Morgan fingerprint density at radius 3 is 2.21 bits per heavy atom. The molecule has 0 unspecified atom stereocenters. The van der Waals surface area contributed by atoms with Gasteiger partial charge in [-0.05, 0) is 68.5 Å². The highest BCUT2D eigenvalue weighted by Crippen LogP contribution is 2.34. The molecule has 0 saturated heterocycles. The smallest absolute Gasteiger partial charge is 0.264 e. The highest BCUT2D eigenvalue weighted by Gasteiger charge is 2.35. The third-order valence-corrected chi connectivity index (χ3v) is 9.55. The molecule has 4 rings (SSSR count). The van der Waals surface area contributed by atoms with Crippen molar-refractivity contribution in [3.63, 3.8) is 0 Å². The SMILES string of the molecule is CC[C@@H](C(=O)NC1CCCC1)N(Cc1ccc(C)cc1)C(=O)CN(c1cc(C)ccc1OC)S(=O)(=O)c1ccccc1. The van der Waals surface area contributed by atoms with E-state index in [1.54, 1.807) is 30.3 Å². The van der Waals surface area contributed by atoms with Crippen LogP contribution in [0.5, 0.6) is 5.75 Å². The van der Waals surface area contributed by atoms with Gasteiger partial charge in [0.25, 0.3) is 10.0 Å². The minimum Gasteiger partial charge on any atom is -0.495 e. The maximum Gasteiger partial charge on any atom is 0.264 e. The van der Waals surface area contributed by atoms with Crippen LogP contribution in [-0.4, -0.2) is 50.9 Å². The number of methoxy groups -OCH3 is 1. The number of hydrogen-bond donors (Lipinski definition) is 1. The molecule has 1 N–H and O–H groups in total. The molecule has 42 heavy (non-hydrogen) atoms. The van der Waals surface area contributed by atoms with Gasteiger partial charge in [0, 0.05) is 12.6 Å². The van der Waals surface area contributed by atoms with Gasteiger partial charge in [-0.25, -0.2) is 8.42 Å². The third-order valence-electron chi connectivity index (χ3n) is 7.77. The van der Waals surface area contributed by atoms with Gasteiger partial charge < -0.3 is 15.0 Å². The van der Waals surface area contributed by atoms with E-state index in [9.17, 15) is 18.0 Å². The van der Waals surface area contributed by atoms with Crippen LogP contribution in [0.3, 0.4) is 0 Å². The van der Waals surface area contributed by atoms with Gasteiger partial charge in [-0.15, -0.1) is 0 Å². The van der Waals surface area contributed by atoms with E-state index in [1.165, 1.54) is 24.1 Å². The molecule has 0 spiro atoms. The number of hydrogen-bond acceptors (Lipinski definition) is 5. The lowest BCUT2D eigenvalue weighted by Gasteiger charge is -2.34. The van der Waals surface area contributed by atoms with Crippen LogP contribution in [-0.2, 0) is 26.2 Å². The van der Waals surface area contributed by atoms with Gasteiger partial charge in [0.05, 0.1) is 17.7 Å². The molecule has 3 aromatic carbocycles. The number of nitrogens with one attached hydrogen (secondary N) is 1. The Hall–Kier alpha value is -3.85. The maximum atomic E-state index is 14.3. The van der Waals surface area contributed by atoms with Crippen LogP contribution in [0.15, 0.2) is 77.7 Å². The van der Waals surface area contributed by atoms with Crippen molar-refractivity contribution in [3.05, 3.63) is 89.5 Å². The normalized spacial score (nSPS) is 14.3. The Labute approximate surface area is 249 Å². The monoisotopic (exact) mass is 591 g/mol. The van der Waals surface area contributed by atoms with Crippen LogP contribution in [0.4, 0.5) is 5.69 Å². The number of sulfonamides is 1. The number of ether oxygens (including phenoxy) is 1. The number of benzene rings is 3. The number of carbonyl (C=O) groups is 2. The molecular weight excluding hydrogens is 550 g/mol. The van der Waals surface area contributed by atoms with Gasteiger partial charge in [0.15, 0.2) is 0 Å². The van der Waals surface area contributed by atoms with Crippen molar-refractivity contribution >= 4 is 27.5 Å². The van der Waals surface area contributed by atoms with Gasteiger partial charge >= 0.3 is 0 Å². The first-order valence-corrected chi connectivity index (χ1v) is 16.0. The van der Waals surface area contributed by atoms with Gasteiger partial charge in [-0.2, -0.15) is 0 Å². The van der Waals surface area contributed by atoms with Gasteiger partial charge in [0.1, 0.15) is 18.3 Å². The summed E-state index contributed by atoms with van der Waals surface area (Å²) in [6.45, 7) is 5.37. The molecule has 3 aromatic rings. The fourth-order valence-electron chi connectivity index (χ4n) is 5.41. The van der Waals surface area contributed by atoms with Crippen LogP contribution >= 0.6 is 0 Å². The predicted molar refractivity (Wildman–Crippen MR) is 165 cm³/mol.